The van der Waals surface area contributed by atoms with Gasteiger partial charge >= 0.3 is 6.03 Å². The van der Waals surface area contributed by atoms with E-state index in [0.29, 0.717) is 6.67 Å². The van der Waals surface area contributed by atoms with Crippen molar-refractivity contribution >= 4 is 23.5 Å². The third-order valence-electron chi connectivity index (χ3n) is 6.60. The molecule has 0 aromatic heterocycles. The Morgan fingerprint density at radius 1 is 1.14 bits per heavy atom. The second-order valence-electron chi connectivity index (χ2n) is 8.45. The number of nitrogens with zero attached hydrogens (tertiary/aromatic N) is 3. The lowest BCUT2D eigenvalue weighted by molar-refractivity contribution is -0.136. The van der Waals surface area contributed by atoms with Crippen molar-refractivity contribution in [2.24, 2.45) is 5.92 Å². The van der Waals surface area contributed by atoms with Crippen molar-refractivity contribution < 1.29 is 9.59 Å². The summed E-state index contributed by atoms with van der Waals surface area (Å²) in [4.78, 5) is 31.7. The maximum absolute atomic E-state index is 13.1. The topological polar surface area (TPSA) is 55.9 Å². The summed E-state index contributed by atoms with van der Waals surface area (Å²) in [6.45, 7) is 6.88. The monoisotopic (exact) mass is 404 g/mol. The van der Waals surface area contributed by atoms with Gasteiger partial charge in [-0.15, -0.1) is 0 Å². The molecule has 7 heteroatoms. The molecule has 2 atom stereocenters. The van der Waals surface area contributed by atoms with Crippen LogP contribution in [-0.2, 0) is 11.3 Å². The van der Waals surface area contributed by atoms with Crippen LogP contribution in [0.25, 0.3) is 0 Å². The average Bonchev–Trinajstić information content (AvgIpc) is 2.91. The van der Waals surface area contributed by atoms with Crippen molar-refractivity contribution in [1.82, 2.24) is 20.0 Å². The molecule has 2 aliphatic heterocycles. The maximum Gasteiger partial charge on any atom is 0.326 e. The molecule has 0 bridgehead atoms. The van der Waals surface area contributed by atoms with Crippen LogP contribution in [0.5, 0.6) is 0 Å². The number of halogens is 1. The molecule has 2 heterocycles. The third-order valence-corrected chi connectivity index (χ3v) is 6.84. The summed E-state index contributed by atoms with van der Waals surface area (Å²) in [5.41, 5.74) is 0.548. The standard InChI is InChI=1S/C21H29ClN4O2/c1-16-5-2-3-8-21(16)19(27)26(20(28)23-21)15-25-11-9-24(10-12-25)14-17-6-4-7-18(22)13-17/h4,6-7,13,16H,2-3,5,8-12,14-15H2,1H3,(H,23,28)/t16-,21-/m1/s1. The van der Waals surface area contributed by atoms with Crippen molar-refractivity contribution in [3.63, 3.8) is 0 Å². The Hall–Kier alpha value is -1.63. The zero-order valence-corrected chi connectivity index (χ0v) is 17.2. The molecular formula is C21H29ClN4O2. The minimum absolute atomic E-state index is 0.0222. The van der Waals surface area contributed by atoms with Crippen molar-refractivity contribution in [2.45, 2.75) is 44.7 Å². The van der Waals surface area contributed by atoms with Crippen LogP contribution in [0.3, 0.4) is 0 Å². The molecule has 3 amide bonds. The number of benzene rings is 1. The van der Waals surface area contributed by atoms with Crippen LogP contribution >= 0.6 is 11.6 Å². The summed E-state index contributed by atoms with van der Waals surface area (Å²) >= 11 is 6.08. The summed E-state index contributed by atoms with van der Waals surface area (Å²) in [5, 5.41) is 3.81. The Labute approximate surface area is 171 Å². The number of carbonyl (C=O) groups excluding carboxylic acids is 2. The highest BCUT2D eigenvalue weighted by atomic mass is 35.5. The van der Waals surface area contributed by atoms with Gasteiger partial charge in [-0.3, -0.25) is 14.6 Å². The van der Waals surface area contributed by atoms with Crippen LogP contribution in [0.2, 0.25) is 5.02 Å². The molecule has 28 heavy (non-hydrogen) atoms. The fourth-order valence-electron chi connectivity index (χ4n) is 4.81. The smallest absolute Gasteiger partial charge is 0.323 e. The number of nitrogens with one attached hydrogen (secondary N) is 1. The maximum atomic E-state index is 13.1. The van der Waals surface area contributed by atoms with E-state index < -0.39 is 5.54 Å². The molecule has 1 N–H and O–H groups in total. The van der Waals surface area contributed by atoms with Gasteiger partial charge in [-0.05, 0) is 36.5 Å². The molecule has 2 saturated heterocycles. The molecule has 0 unspecified atom stereocenters. The normalized spacial score (nSPS) is 29.5. The number of piperazine rings is 1. The van der Waals surface area contributed by atoms with Crippen molar-refractivity contribution in [2.75, 3.05) is 32.8 Å². The fourth-order valence-corrected chi connectivity index (χ4v) is 5.02. The Kier molecular flexibility index (Phi) is 5.63. The van der Waals surface area contributed by atoms with Crippen molar-refractivity contribution in [3.05, 3.63) is 34.9 Å². The number of hydrogen-bond acceptors (Lipinski definition) is 4. The van der Waals surface area contributed by atoms with Crippen LogP contribution in [0.15, 0.2) is 24.3 Å². The fraction of sp³-hybridized carbons (Fsp3) is 0.619. The van der Waals surface area contributed by atoms with E-state index in [4.69, 9.17) is 11.6 Å². The number of amides is 3. The number of imide groups is 1. The summed E-state index contributed by atoms with van der Waals surface area (Å²) < 4.78 is 0. The molecule has 1 aromatic carbocycles. The van der Waals surface area contributed by atoms with E-state index in [-0.39, 0.29) is 17.9 Å². The van der Waals surface area contributed by atoms with Gasteiger partial charge < -0.3 is 5.32 Å². The predicted octanol–water partition coefficient (Wildman–Crippen LogP) is 2.92. The second kappa shape index (κ2) is 8.01. The lowest BCUT2D eigenvalue weighted by atomic mass is 9.73. The first-order valence-corrected chi connectivity index (χ1v) is 10.7. The molecular weight excluding hydrogens is 376 g/mol. The lowest BCUT2D eigenvalue weighted by Crippen LogP contribution is -2.55. The van der Waals surface area contributed by atoms with Crippen LogP contribution in [0.4, 0.5) is 4.79 Å². The SMILES string of the molecule is C[C@@H]1CCCC[C@@]12NC(=O)N(CN1CCN(Cc3cccc(Cl)c3)CC1)C2=O. The molecule has 4 rings (SSSR count). The Bertz CT molecular complexity index is 750. The molecule has 3 aliphatic rings. The van der Waals surface area contributed by atoms with E-state index in [9.17, 15) is 9.59 Å². The Balaban J connectivity index is 1.32. The van der Waals surface area contributed by atoms with E-state index in [1.807, 2.05) is 18.2 Å². The zero-order chi connectivity index (χ0) is 19.7. The van der Waals surface area contributed by atoms with Gasteiger partial charge in [-0.1, -0.05) is 43.5 Å². The minimum Gasteiger partial charge on any atom is -0.323 e. The Morgan fingerprint density at radius 3 is 2.61 bits per heavy atom. The first kappa shape index (κ1) is 19.7. The van der Waals surface area contributed by atoms with E-state index in [2.05, 4.69) is 28.1 Å². The van der Waals surface area contributed by atoms with Crippen LogP contribution < -0.4 is 5.32 Å². The average molecular weight is 405 g/mol. The van der Waals surface area contributed by atoms with Crippen molar-refractivity contribution in [3.8, 4) is 0 Å². The first-order chi connectivity index (χ1) is 13.5. The van der Waals surface area contributed by atoms with E-state index >= 15 is 0 Å². The number of hydrogen-bond donors (Lipinski definition) is 1. The van der Waals surface area contributed by atoms with Crippen LogP contribution in [-0.4, -0.2) is 65.0 Å². The molecule has 1 aromatic rings. The number of urea groups is 1. The lowest BCUT2D eigenvalue weighted by Gasteiger charge is -2.38. The molecule has 1 saturated carbocycles. The van der Waals surface area contributed by atoms with Crippen LogP contribution in [0.1, 0.15) is 38.2 Å². The van der Waals surface area contributed by atoms with Crippen molar-refractivity contribution in [1.29, 1.82) is 0 Å². The summed E-state index contributed by atoms with van der Waals surface area (Å²) in [7, 11) is 0. The zero-order valence-electron chi connectivity index (χ0n) is 16.5. The quantitative estimate of drug-likeness (QED) is 0.784. The number of rotatable bonds is 4. The van der Waals surface area contributed by atoms with Gasteiger partial charge in [0.15, 0.2) is 0 Å². The number of carbonyl (C=O) groups is 2. The summed E-state index contributed by atoms with van der Waals surface area (Å²) in [6.07, 6.45) is 3.91. The van der Waals surface area contributed by atoms with E-state index in [0.717, 1.165) is 63.4 Å². The first-order valence-electron chi connectivity index (χ1n) is 10.3. The van der Waals surface area contributed by atoms with Gasteiger partial charge in [0, 0.05) is 37.7 Å². The summed E-state index contributed by atoms with van der Waals surface area (Å²) in [5.74, 6) is 0.184. The third kappa shape index (κ3) is 3.78. The largest absolute Gasteiger partial charge is 0.326 e. The molecule has 1 spiro atoms. The molecule has 3 fully saturated rings. The highest BCUT2D eigenvalue weighted by Gasteiger charge is 2.55. The molecule has 152 valence electrons. The second-order valence-corrected chi connectivity index (χ2v) is 8.88. The van der Waals surface area contributed by atoms with Gasteiger partial charge in [0.05, 0.1) is 6.67 Å². The van der Waals surface area contributed by atoms with Gasteiger partial charge in [0.25, 0.3) is 5.91 Å². The molecule has 6 nitrogen and oxygen atoms in total. The summed E-state index contributed by atoms with van der Waals surface area (Å²) in [6, 6.07) is 7.75. The van der Waals surface area contributed by atoms with Gasteiger partial charge in [0.1, 0.15) is 5.54 Å². The Morgan fingerprint density at radius 2 is 1.89 bits per heavy atom. The van der Waals surface area contributed by atoms with Gasteiger partial charge in [-0.2, -0.15) is 0 Å². The van der Waals surface area contributed by atoms with Gasteiger partial charge in [-0.25, -0.2) is 9.69 Å². The molecule has 1 aliphatic carbocycles. The highest BCUT2D eigenvalue weighted by molar-refractivity contribution is 6.30. The minimum atomic E-state index is -0.663. The molecule has 0 radical (unpaired) electrons. The van der Waals surface area contributed by atoms with E-state index in [1.54, 1.807) is 0 Å². The highest BCUT2D eigenvalue weighted by Crippen LogP contribution is 2.38. The van der Waals surface area contributed by atoms with E-state index in [1.165, 1.54) is 10.5 Å². The van der Waals surface area contributed by atoms with Gasteiger partial charge in [0.2, 0.25) is 0 Å². The predicted molar refractivity (Wildman–Crippen MR) is 109 cm³/mol. The van der Waals surface area contributed by atoms with Crippen LogP contribution in [0, 0.1) is 5.92 Å².